The van der Waals surface area contributed by atoms with Crippen LogP contribution < -0.4 is 11.2 Å². The van der Waals surface area contributed by atoms with Crippen molar-refractivity contribution < 1.29 is 14.6 Å². The third-order valence-electron chi connectivity index (χ3n) is 2.77. The van der Waals surface area contributed by atoms with Gasteiger partial charge in [-0.15, -0.1) is 0 Å². The summed E-state index contributed by atoms with van der Waals surface area (Å²) in [6, 6.07) is 1.23. The zero-order valence-electron chi connectivity index (χ0n) is 9.86. The van der Waals surface area contributed by atoms with Gasteiger partial charge >= 0.3 is 5.69 Å². The molecule has 0 amide bonds. The number of aliphatic hydroxyl groups excluding tert-OH is 1. The number of ether oxygens (including phenoxy) is 2. The van der Waals surface area contributed by atoms with Crippen LogP contribution in [-0.4, -0.2) is 33.5 Å². The summed E-state index contributed by atoms with van der Waals surface area (Å²) in [5.41, 5.74) is -1.03. The van der Waals surface area contributed by atoms with Crippen LogP contribution in [0.1, 0.15) is 12.6 Å². The average Bonchev–Trinajstić information content (AvgIpc) is 2.71. The van der Waals surface area contributed by atoms with E-state index in [1.807, 2.05) is 0 Å². The Hall–Kier alpha value is -1.38. The summed E-state index contributed by atoms with van der Waals surface area (Å²) < 4.78 is 11.9. The molecule has 0 radical (unpaired) electrons. The van der Waals surface area contributed by atoms with Gasteiger partial charge < -0.3 is 14.6 Å². The number of hydrogen-bond donors (Lipinski definition) is 2. The second-order valence-corrected chi connectivity index (χ2v) is 4.57. The highest BCUT2D eigenvalue weighted by molar-refractivity contribution is 9.11. The number of aliphatic hydroxyl groups is 1. The van der Waals surface area contributed by atoms with Crippen LogP contribution in [0.15, 0.2) is 33.1 Å². The molecule has 2 rings (SSSR count). The second-order valence-electron chi connectivity index (χ2n) is 4.05. The highest BCUT2D eigenvalue weighted by atomic mass is 79.9. The summed E-state index contributed by atoms with van der Waals surface area (Å²) in [6.07, 6.45) is 1.18. The minimum atomic E-state index is -0.729. The number of hydrogen-bond acceptors (Lipinski definition) is 5. The number of nitrogens with one attached hydrogen (secondary N) is 1. The average molecular weight is 333 g/mol. The summed E-state index contributed by atoms with van der Waals surface area (Å²) in [5, 5.41) is 9.84. The number of nitrogens with zero attached hydrogens (tertiary/aromatic N) is 1. The second kappa shape index (κ2) is 6.18. The minimum absolute atomic E-state index is 0.178. The van der Waals surface area contributed by atoms with Crippen LogP contribution in [0.4, 0.5) is 0 Å². The largest absolute Gasteiger partial charge is 0.498 e. The van der Waals surface area contributed by atoms with Gasteiger partial charge in [0.2, 0.25) is 0 Å². The van der Waals surface area contributed by atoms with Crippen molar-refractivity contribution in [1.82, 2.24) is 9.55 Å². The maximum absolute atomic E-state index is 11.6. The van der Waals surface area contributed by atoms with Gasteiger partial charge in [-0.2, -0.15) is 0 Å². The van der Waals surface area contributed by atoms with Gasteiger partial charge in [0.1, 0.15) is 18.9 Å². The van der Waals surface area contributed by atoms with E-state index < -0.39 is 29.7 Å². The Bertz CT molecular complexity index is 567. The molecule has 1 unspecified atom stereocenters. The van der Waals surface area contributed by atoms with Gasteiger partial charge in [-0.25, -0.2) is 4.79 Å². The molecule has 1 aromatic heterocycles. The molecular weight excluding hydrogens is 320 g/mol. The third kappa shape index (κ3) is 3.34. The minimum Gasteiger partial charge on any atom is -0.498 e. The standard InChI is InChI=1S/C11H13BrN2O5/c12-2-4-18-6-8-7(15)5-10(19-8)14-3-1-9(16)13-11(14)17/h1-4,7-8,10,15H,5-6H2,(H,13,16,17)/b4-2+/t7?,8-,10-/m0/s1. The predicted octanol–water partition coefficient (Wildman–Crippen LogP) is 0.0677. The van der Waals surface area contributed by atoms with Gasteiger partial charge in [0.05, 0.1) is 12.4 Å². The molecule has 1 fully saturated rings. The number of H-pyrrole nitrogens is 1. The fourth-order valence-corrected chi connectivity index (χ4v) is 2.03. The molecule has 0 saturated carbocycles. The van der Waals surface area contributed by atoms with E-state index in [-0.39, 0.29) is 13.0 Å². The molecule has 19 heavy (non-hydrogen) atoms. The number of aromatic amines is 1. The topological polar surface area (TPSA) is 93.6 Å². The number of rotatable bonds is 4. The van der Waals surface area contributed by atoms with E-state index >= 15 is 0 Å². The van der Waals surface area contributed by atoms with E-state index in [0.717, 1.165) is 0 Å². The Morgan fingerprint density at radius 3 is 3.11 bits per heavy atom. The Balaban J connectivity index is 2.07. The first-order valence-electron chi connectivity index (χ1n) is 5.63. The number of aromatic nitrogens is 2. The van der Waals surface area contributed by atoms with E-state index in [1.54, 1.807) is 0 Å². The van der Waals surface area contributed by atoms with Gasteiger partial charge in [-0.1, -0.05) is 15.9 Å². The molecule has 8 heteroatoms. The van der Waals surface area contributed by atoms with Crippen molar-refractivity contribution in [3.63, 3.8) is 0 Å². The zero-order valence-corrected chi connectivity index (χ0v) is 11.4. The fraction of sp³-hybridized carbons (Fsp3) is 0.455. The smallest absolute Gasteiger partial charge is 0.330 e. The highest BCUT2D eigenvalue weighted by Gasteiger charge is 2.35. The quantitative estimate of drug-likeness (QED) is 0.761. The van der Waals surface area contributed by atoms with Crippen LogP contribution >= 0.6 is 15.9 Å². The lowest BCUT2D eigenvalue weighted by atomic mass is 10.2. The lowest BCUT2D eigenvalue weighted by Crippen LogP contribution is -2.31. The fourth-order valence-electron chi connectivity index (χ4n) is 1.88. The maximum Gasteiger partial charge on any atom is 0.330 e. The maximum atomic E-state index is 11.6. The van der Waals surface area contributed by atoms with Crippen molar-refractivity contribution in [2.45, 2.75) is 24.9 Å². The van der Waals surface area contributed by atoms with Crippen molar-refractivity contribution in [1.29, 1.82) is 0 Å². The Morgan fingerprint density at radius 1 is 1.63 bits per heavy atom. The molecule has 0 aliphatic carbocycles. The lowest BCUT2D eigenvalue weighted by Gasteiger charge is -2.15. The van der Waals surface area contributed by atoms with Gasteiger partial charge in [0.15, 0.2) is 0 Å². The highest BCUT2D eigenvalue weighted by Crippen LogP contribution is 2.27. The Morgan fingerprint density at radius 2 is 2.42 bits per heavy atom. The SMILES string of the molecule is O=c1ccn([C@@H]2CC(O)[C@H](CO/C=C/Br)O2)c(=O)[nH]1. The van der Waals surface area contributed by atoms with Crippen LogP contribution in [0, 0.1) is 0 Å². The summed E-state index contributed by atoms with van der Waals surface area (Å²) in [7, 11) is 0. The summed E-state index contributed by atoms with van der Waals surface area (Å²) in [6.45, 7) is 0.178. The summed E-state index contributed by atoms with van der Waals surface area (Å²) >= 11 is 3.05. The van der Waals surface area contributed by atoms with Crippen LogP contribution in [0.5, 0.6) is 0 Å². The Kier molecular flexibility index (Phi) is 4.56. The molecule has 2 heterocycles. The first kappa shape index (κ1) is 14.0. The number of halogens is 1. The first-order chi connectivity index (χ1) is 9.11. The van der Waals surface area contributed by atoms with Crippen molar-refractivity contribution in [2.75, 3.05) is 6.61 Å². The van der Waals surface area contributed by atoms with Crippen LogP contribution in [0.2, 0.25) is 0 Å². The molecule has 104 valence electrons. The molecule has 7 nitrogen and oxygen atoms in total. The normalized spacial score (nSPS) is 26.9. The molecule has 0 aromatic carbocycles. The Labute approximate surface area is 116 Å². The van der Waals surface area contributed by atoms with E-state index in [9.17, 15) is 14.7 Å². The zero-order chi connectivity index (χ0) is 13.8. The lowest BCUT2D eigenvalue weighted by molar-refractivity contribution is -0.0484. The van der Waals surface area contributed by atoms with E-state index in [1.165, 1.54) is 28.1 Å². The third-order valence-corrected chi connectivity index (χ3v) is 2.99. The molecule has 0 bridgehead atoms. The van der Waals surface area contributed by atoms with Gasteiger partial charge in [-0.3, -0.25) is 14.3 Å². The van der Waals surface area contributed by atoms with Crippen molar-refractivity contribution in [2.24, 2.45) is 0 Å². The van der Waals surface area contributed by atoms with Gasteiger partial charge in [0.25, 0.3) is 5.56 Å². The van der Waals surface area contributed by atoms with Crippen molar-refractivity contribution in [3.8, 4) is 0 Å². The van der Waals surface area contributed by atoms with Gasteiger partial charge in [-0.05, 0) is 0 Å². The van der Waals surface area contributed by atoms with Crippen LogP contribution in [0.3, 0.4) is 0 Å². The van der Waals surface area contributed by atoms with E-state index in [2.05, 4.69) is 20.9 Å². The monoisotopic (exact) mass is 332 g/mol. The molecule has 0 spiro atoms. The van der Waals surface area contributed by atoms with E-state index in [4.69, 9.17) is 9.47 Å². The molecule has 3 atom stereocenters. The molecular formula is C11H13BrN2O5. The molecule has 2 N–H and O–H groups in total. The molecule has 1 aromatic rings. The van der Waals surface area contributed by atoms with Gasteiger partial charge in [0, 0.05) is 23.7 Å². The molecule has 1 aliphatic heterocycles. The molecule has 1 aliphatic rings. The summed E-state index contributed by atoms with van der Waals surface area (Å²) in [4.78, 5) is 26.2. The first-order valence-corrected chi connectivity index (χ1v) is 6.55. The predicted molar refractivity (Wildman–Crippen MR) is 69.9 cm³/mol. The summed E-state index contributed by atoms with van der Waals surface area (Å²) in [5.74, 6) is 0. The van der Waals surface area contributed by atoms with Crippen molar-refractivity contribution >= 4 is 15.9 Å². The van der Waals surface area contributed by atoms with E-state index in [0.29, 0.717) is 0 Å². The molecule has 1 saturated heterocycles. The van der Waals surface area contributed by atoms with Crippen LogP contribution in [-0.2, 0) is 9.47 Å². The van der Waals surface area contributed by atoms with Crippen LogP contribution in [0.25, 0.3) is 0 Å². The van der Waals surface area contributed by atoms with Crippen molar-refractivity contribution in [3.05, 3.63) is 44.3 Å².